The zero-order valence-electron chi connectivity index (χ0n) is 4.44. The van der Waals surface area contributed by atoms with E-state index in [1.165, 1.54) is 19.4 Å². The van der Waals surface area contributed by atoms with E-state index in [4.69, 9.17) is 0 Å². The molecule has 1 N–H and O–H groups in total. The Morgan fingerprint density at radius 1 is 1.78 bits per heavy atom. The Bertz CT molecular complexity index is 160. The van der Waals surface area contributed by atoms with Gasteiger partial charge in [-0.15, -0.1) is 0 Å². The normalized spacial score (nSPS) is 7.56. The van der Waals surface area contributed by atoms with Gasteiger partial charge in [0.25, 0.3) is 0 Å². The number of imidazole rings is 1. The predicted octanol–water partition coefficient (Wildman–Crippen LogP) is -0.245. The van der Waals surface area contributed by atoms with Gasteiger partial charge in [-0.3, -0.25) is 0 Å². The summed E-state index contributed by atoms with van der Waals surface area (Å²) >= 11 is 1.37. The summed E-state index contributed by atoms with van der Waals surface area (Å²) in [6, 6.07) is 0. The second kappa shape index (κ2) is 5.07. The number of nitrogens with zero attached hydrogens (tertiary/aromatic N) is 2. The zero-order chi connectivity index (χ0) is 5.82. The number of anilines is 1. The predicted molar refractivity (Wildman–Crippen MR) is 27.2 cm³/mol. The van der Waals surface area contributed by atoms with E-state index in [2.05, 4.69) is 15.3 Å². The number of aromatic nitrogens is 2. The van der Waals surface area contributed by atoms with Gasteiger partial charge in [-0.25, -0.2) is 0 Å². The first-order valence-electron chi connectivity index (χ1n) is 2.07. The standard InChI is InChI=1S/C4H4N3.2W/c1-5-4-6-2-3-7-4;;/h1-3H,(H-,5,6,7);;/q-1;;. The van der Waals surface area contributed by atoms with Gasteiger partial charge in [0.2, 0.25) is 0 Å². The molecular formula is C4H4N3W2-. The fraction of sp³-hybridized carbons (Fsp3) is 0. The molecular weight excluding hydrogens is 458 g/mol. The Hall–Kier alpha value is 0.257. The summed E-state index contributed by atoms with van der Waals surface area (Å²) in [5, 5.41) is 2.88. The van der Waals surface area contributed by atoms with E-state index in [0.29, 0.717) is 5.95 Å². The van der Waals surface area contributed by atoms with Crippen molar-refractivity contribution in [2.45, 2.75) is 0 Å². The first-order chi connectivity index (χ1) is 3.93. The van der Waals surface area contributed by atoms with Gasteiger partial charge < -0.3 is 0 Å². The molecule has 3 nitrogen and oxygen atoms in total. The minimum atomic E-state index is 0. The van der Waals surface area contributed by atoms with Crippen LogP contribution in [0.15, 0.2) is 12.4 Å². The van der Waals surface area contributed by atoms with Crippen LogP contribution in [0.25, 0.3) is 0 Å². The summed E-state index contributed by atoms with van der Waals surface area (Å²) in [7, 11) is 0. The second-order valence-corrected chi connectivity index (χ2v) is 1.99. The number of nitrogens with one attached hydrogen (secondary N) is 1. The van der Waals surface area contributed by atoms with Crippen LogP contribution in [0.4, 0.5) is 5.95 Å². The summed E-state index contributed by atoms with van der Waals surface area (Å²) in [5.41, 5.74) is 0. The molecule has 0 aliphatic heterocycles. The van der Waals surface area contributed by atoms with E-state index in [9.17, 15) is 0 Å². The number of hydrogen-bond acceptors (Lipinski definition) is 2. The van der Waals surface area contributed by atoms with Gasteiger partial charge in [0.05, 0.1) is 0 Å². The molecule has 0 radical (unpaired) electrons. The average Bonchev–Trinajstić information content (AvgIpc) is 2.19. The SMILES string of the molecule is [W].[W]=[CH]Nc1ncc[n-]1. The van der Waals surface area contributed by atoms with Crippen LogP contribution in [0.1, 0.15) is 0 Å². The fourth-order valence-corrected chi connectivity index (χ4v) is 0.747. The molecule has 0 saturated carbocycles. The maximum atomic E-state index is 3.87. The Morgan fingerprint density at radius 2 is 2.56 bits per heavy atom. The van der Waals surface area contributed by atoms with E-state index in [0.717, 1.165) is 0 Å². The molecule has 5 heteroatoms. The monoisotopic (exact) mass is 462 g/mol. The van der Waals surface area contributed by atoms with Crippen molar-refractivity contribution >= 4 is 10.5 Å². The van der Waals surface area contributed by atoms with Crippen molar-refractivity contribution in [1.82, 2.24) is 9.97 Å². The van der Waals surface area contributed by atoms with Crippen LogP contribution in [-0.4, -0.2) is 9.51 Å². The molecule has 0 spiro atoms. The third-order valence-corrected chi connectivity index (χ3v) is 1.07. The van der Waals surface area contributed by atoms with Crippen LogP contribution in [0.3, 0.4) is 0 Å². The molecule has 0 amide bonds. The molecule has 9 heavy (non-hydrogen) atoms. The Morgan fingerprint density at radius 3 is 3.00 bits per heavy atom. The molecule has 1 aromatic heterocycles. The fourth-order valence-electron chi connectivity index (χ4n) is 0.368. The van der Waals surface area contributed by atoms with E-state index >= 15 is 0 Å². The van der Waals surface area contributed by atoms with Crippen LogP contribution >= 0.6 is 0 Å². The van der Waals surface area contributed by atoms with Crippen molar-refractivity contribution in [2.24, 2.45) is 0 Å². The number of hydrogen-bond donors (Lipinski definition) is 1. The first kappa shape index (κ1) is 9.26. The molecule has 0 aliphatic carbocycles. The van der Waals surface area contributed by atoms with Crippen LogP contribution < -0.4 is 10.3 Å². The maximum absolute atomic E-state index is 3.87. The van der Waals surface area contributed by atoms with Gasteiger partial charge in [-0.1, -0.05) is 0 Å². The summed E-state index contributed by atoms with van der Waals surface area (Å²) in [6.07, 6.45) is 3.31. The van der Waals surface area contributed by atoms with Crippen molar-refractivity contribution in [3.63, 3.8) is 0 Å². The van der Waals surface area contributed by atoms with Crippen LogP contribution in [0, 0.1) is 0 Å². The zero-order valence-corrected chi connectivity index (χ0v) is 10.3. The third kappa shape index (κ3) is 3.07. The molecule has 1 heterocycles. The first-order valence-corrected chi connectivity index (χ1v) is 3.76. The summed E-state index contributed by atoms with van der Waals surface area (Å²) in [4.78, 5) is 7.73. The average molecular weight is 462 g/mol. The van der Waals surface area contributed by atoms with E-state index in [-0.39, 0.29) is 21.1 Å². The van der Waals surface area contributed by atoms with Crippen molar-refractivity contribution in [3.05, 3.63) is 12.4 Å². The quantitative estimate of drug-likeness (QED) is 0.661. The molecule has 0 bridgehead atoms. The van der Waals surface area contributed by atoms with Gasteiger partial charge in [-0.05, 0) is 0 Å². The Labute approximate surface area is 78.3 Å². The molecule has 1 rings (SSSR count). The molecule has 0 aliphatic rings. The van der Waals surface area contributed by atoms with Crippen molar-refractivity contribution in [1.29, 1.82) is 0 Å². The van der Waals surface area contributed by atoms with Crippen LogP contribution in [0.2, 0.25) is 0 Å². The van der Waals surface area contributed by atoms with Crippen LogP contribution in [0.5, 0.6) is 0 Å². The summed E-state index contributed by atoms with van der Waals surface area (Å²) < 4.78 is 1.87. The van der Waals surface area contributed by atoms with E-state index < -0.39 is 0 Å². The molecule has 0 fully saturated rings. The molecule has 0 saturated heterocycles. The van der Waals surface area contributed by atoms with Crippen molar-refractivity contribution in [3.8, 4) is 0 Å². The molecule has 0 unspecified atom stereocenters. The Balaban J connectivity index is 0.000000640. The summed E-state index contributed by atoms with van der Waals surface area (Å²) in [6.45, 7) is 0. The Kier molecular flexibility index (Phi) is 5.22. The molecule has 48 valence electrons. The van der Waals surface area contributed by atoms with Gasteiger partial charge in [0.15, 0.2) is 0 Å². The van der Waals surface area contributed by atoms with Gasteiger partial charge in [0, 0.05) is 21.1 Å². The minimum absolute atomic E-state index is 0. The van der Waals surface area contributed by atoms with Gasteiger partial charge in [0.1, 0.15) is 0 Å². The van der Waals surface area contributed by atoms with E-state index in [1.54, 1.807) is 12.4 Å². The molecule has 1 aromatic rings. The van der Waals surface area contributed by atoms with E-state index in [1.807, 2.05) is 4.52 Å². The topological polar surface area (TPSA) is 39.0 Å². The second-order valence-electron chi connectivity index (χ2n) is 1.14. The molecule has 0 atom stereocenters. The summed E-state index contributed by atoms with van der Waals surface area (Å²) in [5.74, 6) is 0.681. The number of rotatable bonds is 2. The van der Waals surface area contributed by atoms with Crippen molar-refractivity contribution < 1.29 is 40.4 Å². The van der Waals surface area contributed by atoms with Crippen LogP contribution in [-0.2, 0) is 40.4 Å². The van der Waals surface area contributed by atoms with Crippen molar-refractivity contribution in [2.75, 3.05) is 5.32 Å². The molecule has 0 aromatic carbocycles. The third-order valence-electron chi connectivity index (χ3n) is 0.648. The van der Waals surface area contributed by atoms with Gasteiger partial charge >= 0.3 is 57.5 Å². The van der Waals surface area contributed by atoms with Gasteiger partial charge in [-0.2, -0.15) is 0 Å².